The quantitative estimate of drug-likeness (QED) is 0.426. The monoisotopic (exact) mass is 543 g/mol. The lowest BCUT2D eigenvalue weighted by atomic mass is 9.96. The first-order valence-corrected chi connectivity index (χ1v) is 12.9. The van der Waals surface area contributed by atoms with Gasteiger partial charge in [0.2, 0.25) is 0 Å². The highest BCUT2D eigenvalue weighted by Crippen LogP contribution is 2.39. The standard InChI is InChI=1S/C26H27Cl2N5O4/c1-26(2,37-21-7-4-16(27)11-20(21)28)25(35)30-17-12-18-5-6-19(13-17)33(18)23-8-3-15(14-29-23)24(34)31-22-9-10-36-32-22/h3-4,7-11,14,17-19H,5-6,12-13H2,1-2H3,(H,30,35)(H,31,32,34)/t17-,18+,19-. The molecule has 2 aliphatic heterocycles. The number of nitrogens with zero attached hydrogens (tertiary/aromatic N) is 3. The topological polar surface area (TPSA) is 110 Å². The molecule has 2 saturated heterocycles. The van der Waals surface area contributed by atoms with Crippen LogP contribution in [-0.4, -0.2) is 45.7 Å². The molecule has 2 N–H and O–H groups in total. The molecule has 3 atom stereocenters. The zero-order valence-corrected chi connectivity index (χ0v) is 21.9. The van der Waals surface area contributed by atoms with E-state index in [1.165, 1.54) is 6.26 Å². The van der Waals surface area contributed by atoms with Gasteiger partial charge in [0, 0.05) is 35.4 Å². The molecule has 2 aliphatic rings. The highest BCUT2D eigenvalue weighted by Gasteiger charge is 2.43. The summed E-state index contributed by atoms with van der Waals surface area (Å²) in [6.45, 7) is 3.45. The number of nitrogens with one attached hydrogen (secondary N) is 2. The lowest BCUT2D eigenvalue weighted by molar-refractivity contribution is -0.135. The van der Waals surface area contributed by atoms with E-state index in [4.69, 9.17) is 32.5 Å². The van der Waals surface area contributed by atoms with Crippen molar-refractivity contribution in [2.75, 3.05) is 10.2 Å². The first kappa shape index (κ1) is 25.4. The van der Waals surface area contributed by atoms with Gasteiger partial charge in [0.05, 0.1) is 10.6 Å². The number of carbonyl (C=O) groups is 2. The molecular formula is C26H27Cl2N5O4. The van der Waals surface area contributed by atoms with Crippen LogP contribution in [0.1, 0.15) is 49.9 Å². The van der Waals surface area contributed by atoms with Gasteiger partial charge in [-0.05, 0) is 69.9 Å². The molecule has 2 fully saturated rings. The number of ether oxygens (including phenoxy) is 1. The van der Waals surface area contributed by atoms with Crippen LogP contribution in [0.4, 0.5) is 11.6 Å². The zero-order valence-electron chi connectivity index (χ0n) is 20.4. The molecule has 2 aromatic heterocycles. The molecule has 0 radical (unpaired) electrons. The second kappa shape index (κ2) is 10.2. The van der Waals surface area contributed by atoms with E-state index in [0.29, 0.717) is 27.2 Å². The maximum atomic E-state index is 13.1. The van der Waals surface area contributed by atoms with Crippen molar-refractivity contribution in [1.29, 1.82) is 0 Å². The number of carbonyl (C=O) groups excluding carboxylic acids is 2. The van der Waals surface area contributed by atoms with Crippen LogP contribution < -0.4 is 20.3 Å². The first-order valence-electron chi connectivity index (χ1n) is 12.1. The largest absolute Gasteiger partial charge is 0.476 e. The molecule has 0 spiro atoms. The number of piperidine rings is 1. The molecule has 11 heteroatoms. The normalized spacial score (nSPS) is 21.0. The van der Waals surface area contributed by atoms with Crippen molar-refractivity contribution in [1.82, 2.24) is 15.5 Å². The SMILES string of the molecule is CC(C)(Oc1ccc(Cl)cc1Cl)C(=O)N[C@H]1C[C@H]2CC[C@@H](C1)N2c1ccc(C(=O)Nc2ccon2)cn1. The number of fused-ring (bicyclic) bond motifs is 2. The van der Waals surface area contributed by atoms with E-state index in [-0.39, 0.29) is 29.9 Å². The summed E-state index contributed by atoms with van der Waals surface area (Å²) in [5, 5.41) is 10.4. The van der Waals surface area contributed by atoms with Crippen LogP contribution >= 0.6 is 23.2 Å². The number of aromatic nitrogens is 2. The van der Waals surface area contributed by atoms with E-state index in [9.17, 15) is 9.59 Å². The second-order valence-electron chi connectivity index (χ2n) is 9.87. The van der Waals surface area contributed by atoms with Crippen molar-refractivity contribution >= 4 is 46.7 Å². The minimum Gasteiger partial charge on any atom is -0.476 e. The van der Waals surface area contributed by atoms with Gasteiger partial charge in [0.15, 0.2) is 11.4 Å². The van der Waals surface area contributed by atoms with E-state index < -0.39 is 5.60 Å². The minimum atomic E-state index is -1.11. The number of hydrogen-bond donors (Lipinski definition) is 2. The lowest BCUT2D eigenvalue weighted by Crippen LogP contribution is -2.55. The maximum absolute atomic E-state index is 13.1. The van der Waals surface area contributed by atoms with Gasteiger partial charge in [0.25, 0.3) is 11.8 Å². The number of anilines is 2. The highest BCUT2D eigenvalue weighted by atomic mass is 35.5. The average molecular weight is 544 g/mol. The molecular weight excluding hydrogens is 517 g/mol. The van der Waals surface area contributed by atoms with E-state index in [1.807, 2.05) is 6.07 Å². The molecule has 194 valence electrons. The predicted molar refractivity (Wildman–Crippen MR) is 140 cm³/mol. The average Bonchev–Trinajstić information content (AvgIpc) is 3.46. The van der Waals surface area contributed by atoms with Crippen molar-refractivity contribution in [3.05, 3.63) is 64.5 Å². The Hall–Kier alpha value is -3.30. The van der Waals surface area contributed by atoms with E-state index in [0.717, 1.165) is 31.5 Å². The van der Waals surface area contributed by atoms with Crippen molar-refractivity contribution in [2.24, 2.45) is 0 Å². The Kier molecular flexibility index (Phi) is 7.00. The van der Waals surface area contributed by atoms with Crippen LogP contribution in [0.2, 0.25) is 10.0 Å². The minimum absolute atomic E-state index is 0.0253. The van der Waals surface area contributed by atoms with Gasteiger partial charge in [-0.1, -0.05) is 28.4 Å². The Labute approximate surface area is 224 Å². The van der Waals surface area contributed by atoms with Crippen molar-refractivity contribution in [3.8, 4) is 5.75 Å². The van der Waals surface area contributed by atoms with Gasteiger partial charge < -0.3 is 24.8 Å². The van der Waals surface area contributed by atoms with Crippen molar-refractivity contribution < 1.29 is 18.8 Å². The summed E-state index contributed by atoms with van der Waals surface area (Å²) in [5.74, 6) is 1.08. The number of halogens is 2. The highest BCUT2D eigenvalue weighted by molar-refractivity contribution is 6.35. The first-order chi connectivity index (χ1) is 17.7. The van der Waals surface area contributed by atoms with Gasteiger partial charge in [-0.25, -0.2) is 4.98 Å². The van der Waals surface area contributed by atoms with Gasteiger partial charge in [0.1, 0.15) is 17.8 Å². The molecule has 5 rings (SSSR count). The van der Waals surface area contributed by atoms with Crippen molar-refractivity contribution in [2.45, 2.75) is 63.3 Å². The molecule has 0 saturated carbocycles. The molecule has 37 heavy (non-hydrogen) atoms. The number of amides is 2. The molecule has 2 bridgehead atoms. The molecule has 3 aromatic rings. The smallest absolute Gasteiger partial charge is 0.263 e. The molecule has 2 amide bonds. The Morgan fingerprint density at radius 3 is 2.49 bits per heavy atom. The summed E-state index contributed by atoms with van der Waals surface area (Å²) >= 11 is 12.2. The number of benzene rings is 1. The molecule has 4 heterocycles. The fourth-order valence-electron chi connectivity index (χ4n) is 5.05. The van der Waals surface area contributed by atoms with Crippen LogP contribution in [0.5, 0.6) is 5.75 Å². The zero-order chi connectivity index (χ0) is 26.2. The molecule has 0 unspecified atom stereocenters. The van der Waals surface area contributed by atoms with Crippen LogP contribution in [0.3, 0.4) is 0 Å². The van der Waals surface area contributed by atoms with Crippen molar-refractivity contribution in [3.63, 3.8) is 0 Å². The maximum Gasteiger partial charge on any atom is 0.263 e. The van der Waals surface area contributed by atoms with E-state index >= 15 is 0 Å². The lowest BCUT2D eigenvalue weighted by Gasteiger charge is -2.40. The summed E-state index contributed by atoms with van der Waals surface area (Å²) < 4.78 is 10.7. The van der Waals surface area contributed by atoms with Gasteiger partial charge in [-0.3, -0.25) is 9.59 Å². The number of hydrogen-bond acceptors (Lipinski definition) is 7. The summed E-state index contributed by atoms with van der Waals surface area (Å²) in [4.78, 5) is 32.4. The Morgan fingerprint density at radius 1 is 1.11 bits per heavy atom. The summed E-state index contributed by atoms with van der Waals surface area (Å²) in [6, 6.07) is 10.6. The Balaban J connectivity index is 1.20. The third kappa shape index (κ3) is 5.52. The predicted octanol–water partition coefficient (Wildman–Crippen LogP) is 5.10. The summed E-state index contributed by atoms with van der Waals surface area (Å²) in [5.41, 5.74) is -0.679. The number of rotatable bonds is 7. The number of pyridine rings is 1. The Morgan fingerprint density at radius 2 is 1.86 bits per heavy atom. The molecule has 0 aliphatic carbocycles. The molecule has 1 aromatic carbocycles. The van der Waals surface area contributed by atoms with Crippen LogP contribution in [-0.2, 0) is 4.79 Å². The molecule has 9 nitrogen and oxygen atoms in total. The summed E-state index contributed by atoms with van der Waals surface area (Å²) in [6.07, 6.45) is 6.61. The van der Waals surface area contributed by atoms with Gasteiger partial charge in [-0.2, -0.15) is 0 Å². The van der Waals surface area contributed by atoms with Crippen LogP contribution in [0, 0.1) is 0 Å². The second-order valence-corrected chi connectivity index (χ2v) is 10.7. The van der Waals surface area contributed by atoms with Crippen LogP contribution in [0.25, 0.3) is 0 Å². The van der Waals surface area contributed by atoms with Gasteiger partial charge in [-0.15, -0.1) is 0 Å². The fraction of sp³-hybridized carbons (Fsp3) is 0.385. The van der Waals surface area contributed by atoms with Gasteiger partial charge >= 0.3 is 0 Å². The van der Waals surface area contributed by atoms with E-state index in [2.05, 4.69) is 25.7 Å². The third-order valence-electron chi connectivity index (χ3n) is 6.83. The van der Waals surface area contributed by atoms with Crippen LogP contribution in [0.15, 0.2) is 53.4 Å². The Bertz CT molecular complexity index is 1270. The summed E-state index contributed by atoms with van der Waals surface area (Å²) in [7, 11) is 0. The fourth-order valence-corrected chi connectivity index (χ4v) is 5.49. The van der Waals surface area contributed by atoms with E-state index in [1.54, 1.807) is 50.4 Å². The third-order valence-corrected chi connectivity index (χ3v) is 7.36.